The van der Waals surface area contributed by atoms with E-state index in [1.807, 2.05) is 6.92 Å². The first-order chi connectivity index (χ1) is 9.99. The second-order valence-corrected chi connectivity index (χ2v) is 5.10. The van der Waals surface area contributed by atoms with Crippen LogP contribution in [0.1, 0.15) is 44.2 Å². The Hall–Kier alpha value is -1.75. The molecule has 6 heteroatoms. The highest BCUT2D eigenvalue weighted by molar-refractivity contribution is 6.32. The molecule has 0 spiro atoms. The molecule has 1 rings (SSSR count). The molecule has 21 heavy (non-hydrogen) atoms. The molecule has 2 N–H and O–H groups in total. The third-order valence-corrected chi connectivity index (χ3v) is 3.36. The molecule has 0 bridgehead atoms. The number of unbranched alkanes of at least 4 members (excludes halogenated alkanes) is 2. The number of nitrogens with one attached hydrogen (secondary N) is 1. The molecule has 116 valence electrons. The van der Waals surface area contributed by atoms with Gasteiger partial charge in [-0.2, -0.15) is 0 Å². The fourth-order valence-corrected chi connectivity index (χ4v) is 2.18. The number of benzene rings is 1. The van der Waals surface area contributed by atoms with Crippen LogP contribution in [-0.4, -0.2) is 24.1 Å². The summed E-state index contributed by atoms with van der Waals surface area (Å²) >= 11 is 5.99. The first-order valence-electron chi connectivity index (χ1n) is 6.85. The van der Waals surface area contributed by atoms with Crippen molar-refractivity contribution in [1.29, 1.82) is 0 Å². The molecule has 0 radical (unpaired) electrons. The Labute approximate surface area is 129 Å². The van der Waals surface area contributed by atoms with Gasteiger partial charge in [-0.25, -0.2) is 4.79 Å². The van der Waals surface area contributed by atoms with Crippen molar-refractivity contribution in [3.05, 3.63) is 28.8 Å². The Bertz CT molecular complexity index is 504. The van der Waals surface area contributed by atoms with Crippen LogP contribution in [-0.2, 0) is 9.59 Å². The number of methoxy groups -OCH3 is 1. The summed E-state index contributed by atoms with van der Waals surface area (Å²) in [7, 11) is 1.48. The van der Waals surface area contributed by atoms with Crippen molar-refractivity contribution < 1.29 is 19.4 Å². The summed E-state index contributed by atoms with van der Waals surface area (Å²) in [6.45, 7) is 2.04. The van der Waals surface area contributed by atoms with Gasteiger partial charge in [0.1, 0.15) is 5.75 Å². The number of ether oxygens (including phenoxy) is 1. The molecule has 0 aliphatic heterocycles. The van der Waals surface area contributed by atoms with Crippen LogP contribution in [0, 0.1) is 0 Å². The van der Waals surface area contributed by atoms with Gasteiger partial charge in [0.15, 0.2) is 6.04 Å². The number of rotatable bonds is 8. The second-order valence-electron chi connectivity index (χ2n) is 4.69. The summed E-state index contributed by atoms with van der Waals surface area (Å²) in [4.78, 5) is 23.1. The summed E-state index contributed by atoms with van der Waals surface area (Å²) in [5, 5.41) is 12.1. The minimum atomic E-state index is -1.12. The van der Waals surface area contributed by atoms with Crippen molar-refractivity contribution in [3.8, 4) is 5.75 Å². The molecular formula is C15H20ClNO4. The first-order valence-corrected chi connectivity index (χ1v) is 7.23. The summed E-state index contributed by atoms with van der Waals surface area (Å²) in [5.74, 6) is -0.943. The van der Waals surface area contributed by atoms with Crippen molar-refractivity contribution in [2.24, 2.45) is 0 Å². The maximum atomic E-state index is 11.8. The Kier molecular flexibility index (Phi) is 7.02. The van der Waals surface area contributed by atoms with E-state index >= 15 is 0 Å². The van der Waals surface area contributed by atoms with E-state index in [1.54, 1.807) is 12.1 Å². The molecule has 1 atom stereocenters. The fraction of sp³-hybridized carbons (Fsp3) is 0.467. The highest BCUT2D eigenvalue weighted by Crippen LogP contribution is 2.27. The Morgan fingerprint density at radius 2 is 2.10 bits per heavy atom. The smallest absolute Gasteiger partial charge is 0.330 e. The number of carbonyl (C=O) groups excluding carboxylic acids is 1. The Morgan fingerprint density at radius 1 is 1.38 bits per heavy atom. The van der Waals surface area contributed by atoms with E-state index in [0.717, 1.165) is 19.3 Å². The van der Waals surface area contributed by atoms with Crippen molar-refractivity contribution in [2.75, 3.05) is 7.11 Å². The van der Waals surface area contributed by atoms with Gasteiger partial charge < -0.3 is 15.2 Å². The van der Waals surface area contributed by atoms with Crippen LogP contribution >= 0.6 is 11.6 Å². The molecule has 0 saturated carbocycles. The number of carboxylic acids is 1. The van der Waals surface area contributed by atoms with Gasteiger partial charge in [0.05, 0.1) is 12.1 Å². The first kappa shape index (κ1) is 17.3. The molecule has 0 fully saturated rings. The number of carbonyl (C=O) groups is 2. The molecule has 1 aromatic carbocycles. The van der Waals surface area contributed by atoms with E-state index < -0.39 is 12.0 Å². The number of hydrogen-bond acceptors (Lipinski definition) is 3. The normalized spacial score (nSPS) is 11.8. The summed E-state index contributed by atoms with van der Waals surface area (Å²) in [6.07, 6.45) is 3.02. The minimum absolute atomic E-state index is 0.275. The SMILES string of the molecule is CCCCCC(=O)NC(C(=O)O)c1ccc(OC)c(Cl)c1. The Morgan fingerprint density at radius 3 is 2.62 bits per heavy atom. The maximum Gasteiger partial charge on any atom is 0.330 e. The third-order valence-electron chi connectivity index (χ3n) is 3.07. The van der Waals surface area contributed by atoms with Gasteiger partial charge in [0.2, 0.25) is 5.91 Å². The number of aliphatic carboxylic acids is 1. The molecule has 0 aliphatic carbocycles. The van der Waals surface area contributed by atoms with E-state index in [1.165, 1.54) is 13.2 Å². The van der Waals surface area contributed by atoms with Crippen LogP contribution in [0.2, 0.25) is 5.02 Å². The van der Waals surface area contributed by atoms with Crippen LogP contribution in [0.15, 0.2) is 18.2 Å². The van der Waals surface area contributed by atoms with Gasteiger partial charge in [-0.1, -0.05) is 37.4 Å². The van der Waals surface area contributed by atoms with Crippen molar-refractivity contribution in [3.63, 3.8) is 0 Å². The topological polar surface area (TPSA) is 75.6 Å². The molecule has 1 unspecified atom stereocenters. The van der Waals surface area contributed by atoms with Crippen molar-refractivity contribution in [1.82, 2.24) is 5.32 Å². The third kappa shape index (κ3) is 5.27. The molecule has 5 nitrogen and oxygen atoms in total. The van der Waals surface area contributed by atoms with E-state index in [0.29, 0.717) is 22.8 Å². The molecule has 0 heterocycles. The quantitative estimate of drug-likeness (QED) is 0.723. The summed E-state index contributed by atoms with van der Waals surface area (Å²) in [5.41, 5.74) is 0.414. The van der Waals surface area contributed by atoms with Gasteiger partial charge in [-0.15, -0.1) is 0 Å². The van der Waals surface area contributed by atoms with Crippen molar-refractivity contribution >= 4 is 23.5 Å². The van der Waals surface area contributed by atoms with Gasteiger partial charge in [-0.3, -0.25) is 4.79 Å². The zero-order valence-corrected chi connectivity index (χ0v) is 12.9. The number of carboxylic acid groups (broad SMARTS) is 1. The summed E-state index contributed by atoms with van der Waals surface area (Å²) in [6, 6.07) is 3.54. The van der Waals surface area contributed by atoms with Gasteiger partial charge in [-0.05, 0) is 24.1 Å². The Balaban J connectivity index is 2.80. The highest BCUT2D eigenvalue weighted by Gasteiger charge is 2.22. The van der Waals surface area contributed by atoms with Crippen LogP contribution < -0.4 is 10.1 Å². The number of hydrogen-bond donors (Lipinski definition) is 2. The van der Waals surface area contributed by atoms with Gasteiger partial charge >= 0.3 is 5.97 Å². The van der Waals surface area contributed by atoms with Gasteiger partial charge in [0, 0.05) is 6.42 Å². The van der Waals surface area contributed by atoms with E-state index in [2.05, 4.69) is 5.32 Å². The zero-order valence-electron chi connectivity index (χ0n) is 12.2. The number of halogens is 1. The lowest BCUT2D eigenvalue weighted by Crippen LogP contribution is -2.33. The molecule has 0 aromatic heterocycles. The fourth-order valence-electron chi connectivity index (χ4n) is 1.92. The lowest BCUT2D eigenvalue weighted by atomic mass is 10.1. The van der Waals surface area contributed by atoms with Crippen LogP contribution in [0.4, 0.5) is 0 Å². The predicted octanol–water partition coefficient (Wildman–Crippen LogP) is 3.17. The number of amides is 1. The lowest BCUT2D eigenvalue weighted by molar-refractivity contribution is -0.142. The molecule has 0 saturated heterocycles. The van der Waals surface area contributed by atoms with Crippen LogP contribution in [0.3, 0.4) is 0 Å². The lowest BCUT2D eigenvalue weighted by Gasteiger charge is -2.16. The second kappa shape index (κ2) is 8.52. The van der Waals surface area contributed by atoms with E-state index in [-0.39, 0.29) is 5.91 Å². The zero-order chi connectivity index (χ0) is 15.8. The molecule has 1 aromatic rings. The van der Waals surface area contributed by atoms with E-state index in [9.17, 15) is 14.7 Å². The highest BCUT2D eigenvalue weighted by atomic mass is 35.5. The largest absolute Gasteiger partial charge is 0.495 e. The molecule has 1 amide bonds. The average molecular weight is 314 g/mol. The van der Waals surface area contributed by atoms with Crippen LogP contribution in [0.5, 0.6) is 5.75 Å². The average Bonchev–Trinajstić information content (AvgIpc) is 2.44. The standard InChI is InChI=1S/C15H20ClNO4/c1-3-4-5-6-13(18)17-14(15(19)20)10-7-8-12(21-2)11(16)9-10/h7-9,14H,3-6H2,1-2H3,(H,17,18)(H,19,20). The minimum Gasteiger partial charge on any atom is -0.495 e. The van der Waals surface area contributed by atoms with Crippen molar-refractivity contribution in [2.45, 2.75) is 38.6 Å². The van der Waals surface area contributed by atoms with Gasteiger partial charge in [0.25, 0.3) is 0 Å². The molecular weight excluding hydrogens is 294 g/mol. The monoisotopic (exact) mass is 313 g/mol. The van der Waals surface area contributed by atoms with E-state index in [4.69, 9.17) is 16.3 Å². The molecule has 0 aliphatic rings. The van der Waals surface area contributed by atoms with Crippen LogP contribution in [0.25, 0.3) is 0 Å². The summed E-state index contributed by atoms with van der Waals surface area (Å²) < 4.78 is 5.02. The predicted molar refractivity (Wildman–Crippen MR) is 80.7 cm³/mol. The maximum absolute atomic E-state index is 11.8.